The van der Waals surface area contributed by atoms with Gasteiger partial charge in [0.05, 0.1) is 16.9 Å². The summed E-state index contributed by atoms with van der Waals surface area (Å²) in [5, 5.41) is 12.2. The molecule has 0 unspecified atom stereocenters. The summed E-state index contributed by atoms with van der Waals surface area (Å²) >= 11 is 0. The minimum Gasteiger partial charge on any atom is -0.375 e. The first kappa shape index (κ1) is 22.8. The van der Waals surface area contributed by atoms with Gasteiger partial charge in [0, 0.05) is 12.7 Å². The van der Waals surface area contributed by atoms with Crippen LogP contribution in [0.5, 0.6) is 0 Å². The Morgan fingerprint density at radius 1 is 0.758 bits per heavy atom. The number of para-hydroxylation sites is 1. The first-order chi connectivity index (χ1) is 15.7. The number of halogens is 3. The number of nitrogens with zero attached hydrogens (tertiary/aromatic N) is 2. The van der Waals surface area contributed by atoms with Crippen molar-refractivity contribution in [3.63, 3.8) is 0 Å². The van der Waals surface area contributed by atoms with Crippen molar-refractivity contribution in [2.45, 2.75) is 18.3 Å². The van der Waals surface area contributed by atoms with E-state index in [1.165, 1.54) is 10.6 Å². The van der Waals surface area contributed by atoms with Crippen LogP contribution >= 0.6 is 0 Å². The van der Waals surface area contributed by atoms with Gasteiger partial charge in [-0.15, -0.1) is 0 Å². The molecule has 4 aromatic rings. The number of alkyl halides is 3. The second-order valence-corrected chi connectivity index (χ2v) is 8.25. The number of benzene rings is 3. The van der Waals surface area contributed by atoms with Crippen molar-refractivity contribution >= 4 is 0 Å². The Labute approximate surface area is 191 Å². The number of aliphatic hydroxyl groups is 1. The fraction of sp³-hybridized carbons (Fsp3) is 0.185. The highest BCUT2D eigenvalue weighted by molar-refractivity contribution is 5.55. The molecule has 4 rings (SSSR count). The number of hydrogen-bond donors (Lipinski definition) is 1. The van der Waals surface area contributed by atoms with E-state index in [2.05, 4.69) is 0 Å². The second-order valence-electron chi connectivity index (χ2n) is 8.25. The van der Waals surface area contributed by atoms with Crippen LogP contribution in [-0.2, 0) is 18.3 Å². The Morgan fingerprint density at radius 2 is 1.33 bits per heavy atom. The minimum atomic E-state index is -4.56. The number of aromatic nitrogens is 1. The van der Waals surface area contributed by atoms with Crippen molar-refractivity contribution in [3.8, 4) is 5.69 Å². The fourth-order valence-corrected chi connectivity index (χ4v) is 4.26. The Balaban J connectivity index is 2.04. The van der Waals surface area contributed by atoms with Gasteiger partial charge >= 0.3 is 6.18 Å². The molecule has 0 fully saturated rings. The van der Waals surface area contributed by atoms with Gasteiger partial charge in [0.1, 0.15) is 0 Å². The van der Waals surface area contributed by atoms with Gasteiger partial charge in [0.25, 0.3) is 0 Å². The van der Waals surface area contributed by atoms with Crippen LogP contribution in [0.15, 0.2) is 97.2 Å². The highest BCUT2D eigenvalue weighted by Gasteiger charge is 2.40. The van der Waals surface area contributed by atoms with Crippen LogP contribution in [0, 0.1) is 0 Å². The second kappa shape index (κ2) is 8.89. The minimum absolute atomic E-state index is 0.0176. The molecule has 0 bridgehead atoms. The Hall–Kier alpha value is -3.35. The van der Waals surface area contributed by atoms with E-state index in [4.69, 9.17) is 0 Å². The van der Waals surface area contributed by atoms with Crippen LogP contribution in [-0.4, -0.2) is 28.7 Å². The lowest BCUT2D eigenvalue weighted by atomic mass is 9.83. The van der Waals surface area contributed by atoms with E-state index in [1.54, 1.807) is 72.9 Å². The highest BCUT2D eigenvalue weighted by Crippen LogP contribution is 2.41. The van der Waals surface area contributed by atoms with Gasteiger partial charge in [0.15, 0.2) is 5.60 Å². The molecular weight excluding hydrogens is 425 g/mol. The number of rotatable bonds is 6. The maximum absolute atomic E-state index is 14.1. The lowest BCUT2D eigenvalue weighted by Crippen LogP contribution is -2.32. The van der Waals surface area contributed by atoms with E-state index in [0.717, 1.165) is 6.07 Å². The van der Waals surface area contributed by atoms with Crippen molar-refractivity contribution in [1.29, 1.82) is 0 Å². The van der Waals surface area contributed by atoms with E-state index >= 15 is 0 Å². The van der Waals surface area contributed by atoms with Gasteiger partial charge < -0.3 is 14.6 Å². The van der Waals surface area contributed by atoms with Crippen LogP contribution in [0.25, 0.3) is 5.69 Å². The normalized spacial score (nSPS) is 12.3. The third-order valence-corrected chi connectivity index (χ3v) is 5.66. The lowest BCUT2D eigenvalue weighted by molar-refractivity contribution is -0.137. The third kappa shape index (κ3) is 4.32. The summed E-state index contributed by atoms with van der Waals surface area (Å²) in [7, 11) is 3.62. The van der Waals surface area contributed by atoms with Crippen LogP contribution in [0.3, 0.4) is 0 Å². The van der Waals surface area contributed by atoms with Crippen molar-refractivity contribution in [2.75, 3.05) is 14.1 Å². The zero-order chi connectivity index (χ0) is 23.6. The zero-order valence-corrected chi connectivity index (χ0v) is 18.4. The smallest absolute Gasteiger partial charge is 0.375 e. The van der Waals surface area contributed by atoms with Crippen LogP contribution in [0.4, 0.5) is 13.2 Å². The molecule has 0 saturated heterocycles. The fourth-order valence-electron chi connectivity index (χ4n) is 4.26. The predicted molar refractivity (Wildman–Crippen MR) is 123 cm³/mol. The largest absolute Gasteiger partial charge is 0.418 e. The summed E-state index contributed by atoms with van der Waals surface area (Å²) in [5.74, 6) is 0. The average molecular weight is 451 g/mol. The standard InChI is InChI=1S/C27H25F3N2O/c1-31(2)19-20-11-9-16-23(27(28,29)30)25(20)32-18-10-17-24(32)26(33,21-12-5-3-6-13-21)22-14-7-4-8-15-22/h3-18,33H,19H2,1-2H3. The molecule has 1 aromatic heterocycles. The van der Waals surface area contributed by atoms with Crippen LogP contribution in [0.2, 0.25) is 0 Å². The van der Waals surface area contributed by atoms with E-state index in [1.807, 2.05) is 31.1 Å². The van der Waals surface area contributed by atoms with E-state index < -0.39 is 17.3 Å². The van der Waals surface area contributed by atoms with Gasteiger partial charge in [-0.1, -0.05) is 72.8 Å². The molecule has 170 valence electrons. The molecule has 33 heavy (non-hydrogen) atoms. The molecule has 6 heteroatoms. The summed E-state index contributed by atoms with van der Waals surface area (Å²) < 4.78 is 43.9. The molecule has 0 saturated carbocycles. The zero-order valence-electron chi connectivity index (χ0n) is 18.4. The van der Waals surface area contributed by atoms with Crippen LogP contribution < -0.4 is 0 Å². The predicted octanol–water partition coefficient (Wildman–Crippen LogP) is 5.84. The van der Waals surface area contributed by atoms with Gasteiger partial charge in [-0.3, -0.25) is 0 Å². The Morgan fingerprint density at radius 3 is 1.85 bits per heavy atom. The van der Waals surface area contributed by atoms with Crippen molar-refractivity contribution in [2.24, 2.45) is 0 Å². The highest BCUT2D eigenvalue weighted by atomic mass is 19.4. The molecule has 0 amide bonds. The summed E-state index contributed by atoms with van der Waals surface area (Å²) in [5.41, 5.74) is -0.427. The summed E-state index contributed by atoms with van der Waals surface area (Å²) in [6, 6.07) is 25.5. The first-order valence-electron chi connectivity index (χ1n) is 10.6. The van der Waals surface area contributed by atoms with Crippen molar-refractivity contribution < 1.29 is 18.3 Å². The van der Waals surface area contributed by atoms with E-state index in [9.17, 15) is 18.3 Å². The molecule has 0 aliphatic carbocycles. The van der Waals surface area contributed by atoms with E-state index in [-0.39, 0.29) is 5.69 Å². The molecule has 3 aromatic carbocycles. The van der Waals surface area contributed by atoms with Gasteiger partial charge in [-0.25, -0.2) is 0 Å². The maximum Gasteiger partial charge on any atom is 0.418 e. The lowest BCUT2D eigenvalue weighted by Gasteiger charge is -2.32. The van der Waals surface area contributed by atoms with Crippen molar-refractivity contribution in [1.82, 2.24) is 9.47 Å². The molecular formula is C27H25F3N2O. The molecule has 0 atom stereocenters. The molecule has 3 nitrogen and oxygen atoms in total. The molecule has 0 aliphatic rings. The molecule has 1 N–H and O–H groups in total. The summed E-state index contributed by atoms with van der Waals surface area (Å²) in [6.07, 6.45) is -2.98. The average Bonchev–Trinajstić information content (AvgIpc) is 3.28. The number of hydrogen-bond acceptors (Lipinski definition) is 2. The molecule has 1 heterocycles. The Bertz CT molecular complexity index is 1180. The topological polar surface area (TPSA) is 28.4 Å². The van der Waals surface area contributed by atoms with E-state index in [0.29, 0.717) is 28.9 Å². The SMILES string of the molecule is CN(C)Cc1cccc(C(F)(F)F)c1-n1cccc1C(O)(c1ccccc1)c1ccccc1. The van der Waals surface area contributed by atoms with Crippen molar-refractivity contribution in [3.05, 3.63) is 125 Å². The van der Waals surface area contributed by atoms with Gasteiger partial charge in [-0.05, 0) is 49.0 Å². The Kier molecular flexibility index (Phi) is 6.15. The molecule has 0 radical (unpaired) electrons. The molecule has 0 spiro atoms. The van der Waals surface area contributed by atoms with Crippen LogP contribution in [0.1, 0.15) is 27.9 Å². The third-order valence-electron chi connectivity index (χ3n) is 5.66. The quantitative estimate of drug-likeness (QED) is 0.400. The summed E-state index contributed by atoms with van der Waals surface area (Å²) in [6.45, 7) is 0.311. The molecule has 0 aliphatic heterocycles. The van der Waals surface area contributed by atoms with Gasteiger partial charge in [-0.2, -0.15) is 13.2 Å². The maximum atomic E-state index is 14.1. The van der Waals surface area contributed by atoms with Gasteiger partial charge in [0.2, 0.25) is 0 Å². The summed E-state index contributed by atoms with van der Waals surface area (Å²) in [4.78, 5) is 1.82. The first-order valence-corrected chi connectivity index (χ1v) is 10.6. The monoisotopic (exact) mass is 450 g/mol.